The molecule has 1 aromatic carbocycles. The van der Waals surface area contributed by atoms with Gasteiger partial charge in [-0.3, -0.25) is 9.48 Å². The van der Waals surface area contributed by atoms with Gasteiger partial charge in [-0.15, -0.1) is 5.10 Å². The van der Waals surface area contributed by atoms with E-state index in [0.717, 1.165) is 11.3 Å². The second-order valence-electron chi connectivity index (χ2n) is 5.53. The number of nitrogens with one attached hydrogen (secondary N) is 1. The normalized spacial score (nSPS) is 12.1. The summed E-state index contributed by atoms with van der Waals surface area (Å²) in [7, 11) is 0. The number of aryl methyl sites for hydroxylation is 1. The van der Waals surface area contributed by atoms with Crippen LogP contribution in [0.15, 0.2) is 47.9 Å². The molecule has 1 N–H and O–H groups in total. The van der Waals surface area contributed by atoms with E-state index in [1.54, 1.807) is 15.6 Å². The molecule has 8 nitrogen and oxygen atoms in total. The van der Waals surface area contributed by atoms with E-state index in [4.69, 9.17) is 0 Å². The van der Waals surface area contributed by atoms with Gasteiger partial charge in [0.15, 0.2) is 0 Å². The van der Waals surface area contributed by atoms with Crippen LogP contribution >= 0.6 is 11.8 Å². The SMILES string of the molecule is Cc1cccc(-n2nnnc2SC(C)C(=O)NCCn2cccn2)c1. The van der Waals surface area contributed by atoms with Crippen LogP contribution in [0, 0.1) is 6.92 Å². The average Bonchev–Trinajstić information content (AvgIpc) is 3.26. The van der Waals surface area contributed by atoms with Crippen LogP contribution in [0.2, 0.25) is 0 Å². The van der Waals surface area contributed by atoms with E-state index in [1.165, 1.54) is 11.8 Å². The van der Waals surface area contributed by atoms with Crippen molar-refractivity contribution >= 4 is 17.7 Å². The van der Waals surface area contributed by atoms with Crippen LogP contribution in [0.25, 0.3) is 5.69 Å². The van der Waals surface area contributed by atoms with Gasteiger partial charge in [0.1, 0.15) is 0 Å². The first kappa shape index (κ1) is 17.2. The molecule has 0 saturated heterocycles. The first-order valence-electron chi connectivity index (χ1n) is 7.91. The molecule has 2 aromatic heterocycles. The van der Waals surface area contributed by atoms with Crippen LogP contribution in [-0.2, 0) is 11.3 Å². The van der Waals surface area contributed by atoms with Gasteiger partial charge >= 0.3 is 0 Å². The lowest BCUT2D eigenvalue weighted by Crippen LogP contribution is -2.33. The molecule has 0 fully saturated rings. The van der Waals surface area contributed by atoms with E-state index in [1.807, 2.05) is 50.4 Å². The Kier molecular flexibility index (Phi) is 5.44. The molecule has 0 radical (unpaired) electrons. The van der Waals surface area contributed by atoms with E-state index >= 15 is 0 Å². The first-order valence-corrected chi connectivity index (χ1v) is 8.78. The Morgan fingerprint density at radius 2 is 2.24 bits per heavy atom. The summed E-state index contributed by atoms with van der Waals surface area (Å²) in [5.41, 5.74) is 1.99. The number of carbonyl (C=O) groups excluding carboxylic acids is 1. The molecule has 1 amide bonds. The van der Waals surface area contributed by atoms with Crippen LogP contribution in [0.3, 0.4) is 0 Å². The highest BCUT2D eigenvalue weighted by Gasteiger charge is 2.19. The van der Waals surface area contributed by atoms with Crippen molar-refractivity contribution < 1.29 is 4.79 Å². The maximum Gasteiger partial charge on any atom is 0.233 e. The molecule has 0 aliphatic rings. The van der Waals surface area contributed by atoms with Crippen molar-refractivity contribution in [3.63, 3.8) is 0 Å². The van der Waals surface area contributed by atoms with Gasteiger partial charge < -0.3 is 5.32 Å². The number of tetrazole rings is 1. The summed E-state index contributed by atoms with van der Waals surface area (Å²) in [5, 5.41) is 19.1. The van der Waals surface area contributed by atoms with Gasteiger partial charge in [0.2, 0.25) is 11.1 Å². The summed E-state index contributed by atoms with van der Waals surface area (Å²) in [4.78, 5) is 12.3. The molecule has 3 aromatic rings. The summed E-state index contributed by atoms with van der Waals surface area (Å²) in [6.07, 6.45) is 3.58. The molecule has 1 unspecified atom stereocenters. The Bertz CT molecular complexity index is 831. The molecule has 0 bridgehead atoms. The lowest BCUT2D eigenvalue weighted by molar-refractivity contribution is -0.120. The molecule has 25 heavy (non-hydrogen) atoms. The molecule has 0 saturated carbocycles. The molecule has 0 aliphatic heterocycles. The number of thioether (sulfide) groups is 1. The molecule has 130 valence electrons. The van der Waals surface area contributed by atoms with E-state index in [-0.39, 0.29) is 11.2 Å². The fraction of sp³-hybridized carbons (Fsp3) is 0.312. The van der Waals surface area contributed by atoms with Crippen molar-refractivity contribution in [2.75, 3.05) is 6.54 Å². The zero-order valence-corrected chi connectivity index (χ0v) is 14.8. The van der Waals surface area contributed by atoms with E-state index in [9.17, 15) is 4.79 Å². The number of amides is 1. The van der Waals surface area contributed by atoms with E-state index < -0.39 is 0 Å². The van der Waals surface area contributed by atoms with Gasteiger partial charge in [0.25, 0.3) is 0 Å². The minimum Gasteiger partial charge on any atom is -0.353 e. The van der Waals surface area contributed by atoms with Crippen LogP contribution in [-0.4, -0.2) is 47.7 Å². The highest BCUT2D eigenvalue weighted by atomic mass is 32.2. The molecule has 0 aliphatic carbocycles. The van der Waals surface area contributed by atoms with Crippen LogP contribution in [0.4, 0.5) is 0 Å². The standard InChI is InChI=1S/C16H19N7OS/c1-12-5-3-6-14(11-12)23-16(19-20-21-23)25-13(2)15(24)17-8-10-22-9-4-7-18-22/h3-7,9,11,13H,8,10H2,1-2H3,(H,17,24). The Morgan fingerprint density at radius 1 is 1.36 bits per heavy atom. The summed E-state index contributed by atoms with van der Waals surface area (Å²) in [5.74, 6) is -0.0593. The molecule has 2 heterocycles. The third-order valence-electron chi connectivity index (χ3n) is 3.54. The van der Waals surface area contributed by atoms with Crippen LogP contribution in [0.1, 0.15) is 12.5 Å². The Morgan fingerprint density at radius 3 is 3.00 bits per heavy atom. The fourth-order valence-electron chi connectivity index (χ4n) is 2.26. The van der Waals surface area contributed by atoms with Crippen molar-refractivity contribution in [2.24, 2.45) is 0 Å². The lowest BCUT2D eigenvalue weighted by atomic mass is 10.2. The van der Waals surface area contributed by atoms with Crippen LogP contribution in [0.5, 0.6) is 0 Å². The monoisotopic (exact) mass is 357 g/mol. The topological polar surface area (TPSA) is 90.5 Å². The molecular formula is C16H19N7OS. The summed E-state index contributed by atoms with van der Waals surface area (Å²) in [6.45, 7) is 5.00. The number of hydrogen-bond donors (Lipinski definition) is 1. The van der Waals surface area contributed by atoms with Crippen molar-refractivity contribution in [3.05, 3.63) is 48.3 Å². The Hall–Kier alpha value is -2.68. The van der Waals surface area contributed by atoms with Gasteiger partial charge in [0, 0.05) is 18.9 Å². The third kappa shape index (κ3) is 4.44. The van der Waals surface area contributed by atoms with Gasteiger partial charge in [0.05, 0.1) is 17.5 Å². The van der Waals surface area contributed by atoms with Crippen molar-refractivity contribution in [1.82, 2.24) is 35.3 Å². The highest BCUT2D eigenvalue weighted by Crippen LogP contribution is 2.23. The Balaban J connectivity index is 1.58. The van der Waals surface area contributed by atoms with Crippen molar-refractivity contribution in [2.45, 2.75) is 30.8 Å². The second-order valence-corrected chi connectivity index (χ2v) is 6.84. The van der Waals surface area contributed by atoms with Gasteiger partial charge in [-0.2, -0.15) is 9.78 Å². The molecular weight excluding hydrogens is 338 g/mol. The van der Waals surface area contributed by atoms with Crippen LogP contribution < -0.4 is 5.32 Å². The largest absolute Gasteiger partial charge is 0.353 e. The Labute approximate surface area is 149 Å². The summed E-state index contributed by atoms with van der Waals surface area (Å²) in [6, 6.07) is 9.74. The van der Waals surface area contributed by atoms with E-state index in [2.05, 4.69) is 25.9 Å². The number of hydrogen-bond acceptors (Lipinski definition) is 6. The smallest absolute Gasteiger partial charge is 0.233 e. The number of carbonyl (C=O) groups is 1. The zero-order chi connectivity index (χ0) is 17.6. The number of aromatic nitrogens is 6. The average molecular weight is 357 g/mol. The van der Waals surface area contributed by atoms with E-state index in [0.29, 0.717) is 18.2 Å². The number of nitrogens with zero attached hydrogens (tertiary/aromatic N) is 6. The molecule has 3 rings (SSSR count). The quantitative estimate of drug-likeness (QED) is 0.644. The maximum absolute atomic E-state index is 12.3. The molecule has 1 atom stereocenters. The van der Waals surface area contributed by atoms with Gasteiger partial charge in [-0.05, 0) is 48.0 Å². The second kappa shape index (κ2) is 7.93. The predicted molar refractivity (Wildman–Crippen MR) is 94.4 cm³/mol. The molecule has 0 spiro atoms. The highest BCUT2D eigenvalue weighted by molar-refractivity contribution is 8.00. The number of benzene rings is 1. The number of rotatable bonds is 7. The summed E-state index contributed by atoms with van der Waals surface area (Å²) >= 11 is 1.33. The minimum atomic E-state index is -0.313. The van der Waals surface area contributed by atoms with Gasteiger partial charge in [-0.25, -0.2) is 0 Å². The minimum absolute atomic E-state index is 0.0593. The third-order valence-corrected chi connectivity index (χ3v) is 4.57. The fourth-order valence-corrected chi connectivity index (χ4v) is 3.09. The molecule has 9 heteroatoms. The lowest BCUT2D eigenvalue weighted by Gasteiger charge is -2.12. The van der Waals surface area contributed by atoms with Crippen molar-refractivity contribution in [3.8, 4) is 5.69 Å². The van der Waals surface area contributed by atoms with Crippen molar-refractivity contribution in [1.29, 1.82) is 0 Å². The zero-order valence-electron chi connectivity index (χ0n) is 14.0. The summed E-state index contributed by atoms with van der Waals surface area (Å²) < 4.78 is 3.42. The maximum atomic E-state index is 12.3. The van der Waals surface area contributed by atoms with Gasteiger partial charge in [-0.1, -0.05) is 23.9 Å². The first-order chi connectivity index (χ1) is 12.1. The predicted octanol–water partition coefficient (Wildman–Crippen LogP) is 1.46.